The molecule has 0 aliphatic carbocycles. The van der Waals surface area contributed by atoms with Gasteiger partial charge in [0, 0.05) is 25.9 Å². The molecule has 1 fully saturated rings. The lowest BCUT2D eigenvalue weighted by molar-refractivity contribution is -0.134. The Morgan fingerprint density at radius 3 is 3.08 bits per heavy atom. The topological polar surface area (TPSA) is 80.2 Å². The first-order valence-corrected chi connectivity index (χ1v) is 8.03. The van der Waals surface area contributed by atoms with Crippen LogP contribution in [0.4, 0.5) is 5.82 Å². The summed E-state index contributed by atoms with van der Waals surface area (Å²) in [4.78, 5) is 27.2. The van der Waals surface area contributed by atoms with Crippen molar-refractivity contribution >= 4 is 11.7 Å². The molecule has 1 N–H and O–H groups in total. The number of nitrogens with one attached hydrogen (secondary N) is 1. The van der Waals surface area contributed by atoms with Gasteiger partial charge in [-0.15, -0.1) is 0 Å². The Morgan fingerprint density at radius 1 is 1.46 bits per heavy atom. The molecule has 2 aromatic heterocycles. The van der Waals surface area contributed by atoms with Gasteiger partial charge in [0.1, 0.15) is 17.4 Å². The average molecular weight is 327 g/mol. The Labute approximate surface area is 141 Å². The van der Waals surface area contributed by atoms with E-state index in [1.165, 1.54) is 0 Å². The van der Waals surface area contributed by atoms with Crippen molar-refractivity contribution in [3.05, 3.63) is 42.1 Å². The quantitative estimate of drug-likeness (QED) is 0.904. The molecular weight excluding hydrogens is 306 g/mol. The van der Waals surface area contributed by atoms with E-state index in [0.717, 1.165) is 30.9 Å². The summed E-state index contributed by atoms with van der Waals surface area (Å²) in [7, 11) is 1.82. The summed E-state index contributed by atoms with van der Waals surface area (Å²) < 4.78 is 5.53. The number of aryl methyl sites for hydroxylation is 1. The normalized spacial score (nSPS) is 16.9. The van der Waals surface area contributed by atoms with Gasteiger partial charge in [-0.3, -0.25) is 9.78 Å². The number of ether oxygens (including phenoxy) is 1. The molecular formula is C17H21N5O2. The number of hydrogen-bond donors (Lipinski definition) is 1. The van der Waals surface area contributed by atoms with Crippen LogP contribution in [0.15, 0.2) is 30.6 Å². The van der Waals surface area contributed by atoms with Crippen LogP contribution >= 0.6 is 0 Å². The van der Waals surface area contributed by atoms with E-state index in [1.807, 2.05) is 24.9 Å². The smallest absolute Gasteiger partial charge is 0.261 e. The highest BCUT2D eigenvalue weighted by atomic mass is 16.5. The Balaban J connectivity index is 1.71. The van der Waals surface area contributed by atoms with Gasteiger partial charge in [-0.2, -0.15) is 0 Å². The van der Waals surface area contributed by atoms with E-state index in [1.54, 1.807) is 24.5 Å². The molecule has 1 aliphatic heterocycles. The fourth-order valence-electron chi connectivity index (χ4n) is 2.92. The standard InChI is InChI=1S/C17H21N5O2/c1-12-20-14(9-16(18-2)21-12)15-6-4-8-22(15)17(23)11-24-13-5-3-7-19-10-13/h3,5,7,9-10,15H,4,6,8,11H2,1-2H3,(H,18,20,21)/t15-/m1/s1. The number of aromatic nitrogens is 3. The van der Waals surface area contributed by atoms with E-state index < -0.39 is 0 Å². The summed E-state index contributed by atoms with van der Waals surface area (Å²) in [5.74, 6) is 2.02. The highest BCUT2D eigenvalue weighted by Gasteiger charge is 2.31. The second kappa shape index (κ2) is 7.25. The molecule has 0 unspecified atom stereocenters. The first-order valence-electron chi connectivity index (χ1n) is 8.03. The SMILES string of the molecule is CNc1cc([C@H]2CCCN2C(=O)COc2cccnc2)nc(C)n1. The number of carbonyl (C=O) groups excluding carboxylic acids is 1. The molecule has 0 aromatic carbocycles. The second-order valence-corrected chi connectivity index (χ2v) is 5.70. The van der Waals surface area contributed by atoms with Crippen molar-refractivity contribution in [2.24, 2.45) is 0 Å². The molecule has 1 amide bonds. The number of nitrogens with zero attached hydrogens (tertiary/aromatic N) is 4. The van der Waals surface area contributed by atoms with Crippen molar-refractivity contribution in [1.29, 1.82) is 0 Å². The molecule has 2 aromatic rings. The molecule has 0 radical (unpaired) electrons. The van der Waals surface area contributed by atoms with Crippen molar-refractivity contribution in [2.45, 2.75) is 25.8 Å². The summed E-state index contributed by atoms with van der Waals surface area (Å²) in [6, 6.07) is 5.45. The molecule has 1 saturated heterocycles. The fraction of sp³-hybridized carbons (Fsp3) is 0.412. The lowest BCUT2D eigenvalue weighted by Gasteiger charge is -2.24. The summed E-state index contributed by atoms with van der Waals surface area (Å²) in [6.45, 7) is 2.58. The molecule has 7 heteroatoms. The van der Waals surface area contributed by atoms with E-state index >= 15 is 0 Å². The third kappa shape index (κ3) is 3.61. The zero-order valence-electron chi connectivity index (χ0n) is 13.9. The summed E-state index contributed by atoms with van der Waals surface area (Å²) in [5.41, 5.74) is 0.874. The maximum absolute atomic E-state index is 12.6. The third-order valence-electron chi connectivity index (χ3n) is 4.03. The Hall–Kier alpha value is -2.70. The lowest BCUT2D eigenvalue weighted by Crippen LogP contribution is -2.35. The average Bonchev–Trinajstić information content (AvgIpc) is 3.10. The van der Waals surface area contributed by atoms with Crippen LogP contribution in [0.25, 0.3) is 0 Å². The lowest BCUT2D eigenvalue weighted by atomic mass is 10.1. The number of pyridine rings is 1. The van der Waals surface area contributed by atoms with Gasteiger partial charge in [-0.05, 0) is 31.9 Å². The van der Waals surface area contributed by atoms with Gasteiger partial charge in [-0.25, -0.2) is 9.97 Å². The van der Waals surface area contributed by atoms with Gasteiger partial charge >= 0.3 is 0 Å². The summed E-state index contributed by atoms with van der Waals surface area (Å²) >= 11 is 0. The number of carbonyl (C=O) groups is 1. The van der Waals surface area contributed by atoms with Gasteiger partial charge in [0.15, 0.2) is 6.61 Å². The number of anilines is 1. The van der Waals surface area contributed by atoms with Crippen LogP contribution < -0.4 is 10.1 Å². The molecule has 1 aliphatic rings. The van der Waals surface area contributed by atoms with E-state index in [4.69, 9.17) is 4.74 Å². The monoisotopic (exact) mass is 327 g/mol. The van der Waals surface area contributed by atoms with Crippen LogP contribution in [-0.2, 0) is 4.79 Å². The van der Waals surface area contributed by atoms with Crippen molar-refractivity contribution in [2.75, 3.05) is 25.5 Å². The molecule has 126 valence electrons. The number of likely N-dealkylation sites (tertiary alicyclic amines) is 1. The van der Waals surface area contributed by atoms with Crippen LogP contribution in [0.2, 0.25) is 0 Å². The maximum Gasteiger partial charge on any atom is 0.261 e. The minimum atomic E-state index is -0.0383. The molecule has 24 heavy (non-hydrogen) atoms. The van der Waals surface area contributed by atoms with Crippen LogP contribution in [-0.4, -0.2) is 46.0 Å². The van der Waals surface area contributed by atoms with Gasteiger partial charge in [-0.1, -0.05) is 0 Å². The zero-order valence-corrected chi connectivity index (χ0v) is 13.9. The van der Waals surface area contributed by atoms with Crippen LogP contribution in [0.3, 0.4) is 0 Å². The zero-order chi connectivity index (χ0) is 16.9. The van der Waals surface area contributed by atoms with Crippen molar-refractivity contribution in [3.8, 4) is 5.75 Å². The number of amides is 1. The van der Waals surface area contributed by atoms with Gasteiger partial charge < -0.3 is 15.0 Å². The van der Waals surface area contributed by atoms with Crippen molar-refractivity contribution in [1.82, 2.24) is 19.9 Å². The summed E-state index contributed by atoms with van der Waals surface area (Å²) in [6.07, 6.45) is 5.13. The van der Waals surface area contributed by atoms with Crippen LogP contribution in [0, 0.1) is 6.92 Å². The van der Waals surface area contributed by atoms with Crippen molar-refractivity contribution in [3.63, 3.8) is 0 Å². The van der Waals surface area contributed by atoms with Gasteiger partial charge in [0.05, 0.1) is 17.9 Å². The molecule has 0 spiro atoms. The minimum Gasteiger partial charge on any atom is -0.482 e. The molecule has 1 atom stereocenters. The number of hydrogen-bond acceptors (Lipinski definition) is 6. The van der Waals surface area contributed by atoms with E-state index in [-0.39, 0.29) is 18.6 Å². The molecule has 3 rings (SSSR count). The van der Waals surface area contributed by atoms with Gasteiger partial charge in [0.25, 0.3) is 5.91 Å². The Morgan fingerprint density at radius 2 is 2.33 bits per heavy atom. The largest absolute Gasteiger partial charge is 0.482 e. The highest BCUT2D eigenvalue weighted by molar-refractivity contribution is 5.78. The molecule has 7 nitrogen and oxygen atoms in total. The fourth-order valence-corrected chi connectivity index (χ4v) is 2.92. The van der Waals surface area contributed by atoms with E-state index in [9.17, 15) is 4.79 Å². The predicted molar refractivity (Wildman–Crippen MR) is 89.7 cm³/mol. The molecule has 3 heterocycles. The number of rotatable bonds is 5. The van der Waals surface area contributed by atoms with Crippen molar-refractivity contribution < 1.29 is 9.53 Å². The first kappa shape index (κ1) is 16.2. The third-order valence-corrected chi connectivity index (χ3v) is 4.03. The summed E-state index contributed by atoms with van der Waals surface area (Å²) in [5, 5.41) is 3.04. The minimum absolute atomic E-state index is 0.00510. The molecule has 0 saturated carbocycles. The predicted octanol–water partition coefficient (Wildman–Crippen LogP) is 1.96. The maximum atomic E-state index is 12.6. The highest BCUT2D eigenvalue weighted by Crippen LogP contribution is 2.31. The van der Waals surface area contributed by atoms with E-state index in [2.05, 4.69) is 20.3 Å². The second-order valence-electron chi connectivity index (χ2n) is 5.70. The molecule has 0 bridgehead atoms. The first-order chi connectivity index (χ1) is 11.7. The van der Waals surface area contributed by atoms with E-state index in [0.29, 0.717) is 11.6 Å². The Bertz CT molecular complexity index is 707. The van der Waals surface area contributed by atoms with Crippen LogP contribution in [0.1, 0.15) is 30.4 Å². The Kier molecular flexibility index (Phi) is 4.88. The van der Waals surface area contributed by atoms with Crippen LogP contribution in [0.5, 0.6) is 5.75 Å². The van der Waals surface area contributed by atoms with Gasteiger partial charge in [0.2, 0.25) is 0 Å².